The maximum Gasteiger partial charge on any atom is 0.165 e. The van der Waals surface area contributed by atoms with Crippen molar-refractivity contribution in [1.29, 1.82) is 0 Å². The van der Waals surface area contributed by atoms with Crippen molar-refractivity contribution in [2.75, 3.05) is 14.2 Å². The highest BCUT2D eigenvalue weighted by Crippen LogP contribution is 2.47. The van der Waals surface area contributed by atoms with E-state index in [4.69, 9.17) is 4.74 Å². The number of halogens is 1. The second kappa shape index (κ2) is 6.74. The normalized spacial score (nSPS) is 21.6. The van der Waals surface area contributed by atoms with Crippen molar-refractivity contribution in [3.63, 3.8) is 0 Å². The van der Waals surface area contributed by atoms with Crippen LogP contribution in [0.4, 0.5) is 4.39 Å². The molecule has 2 aliphatic rings. The predicted molar refractivity (Wildman–Crippen MR) is 117 cm³/mol. The number of aryl methyl sites for hydroxylation is 1. The van der Waals surface area contributed by atoms with Crippen LogP contribution in [-0.2, 0) is 6.42 Å². The highest BCUT2D eigenvalue weighted by molar-refractivity contribution is 5.91. The number of allylic oxidation sites excluding steroid dienone is 1. The van der Waals surface area contributed by atoms with Crippen LogP contribution in [-0.4, -0.2) is 29.7 Å². The third-order valence-corrected chi connectivity index (χ3v) is 6.84. The van der Waals surface area contributed by atoms with E-state index >= 15 is 0 Å². The lowest BCUT2D eigenvalue weighted by molar-refractivity contribution is 0.223. The topological polar surface area (TPSA) is 17.4 Å². The summed E-state index contributed by atoms with van der Waals surface area (Å²) in [7, 11) is 3.76. The summed E-state index contributed by atoms with van der Waals surface area (Å²) in [6, 6.07) is 13.0. The molecule has 0 aliphatic carbocycles. The molecule has 150 valence electrons. The van der Waals surface area contributed by atoms with Crippen molar-refractivity contribution >= 4 is 22.7 Å². The summed E-state index contributed by atoms with van der Waals surface area (Å²) >= 11 is 0. The number of likely N-dealkylation sites (N-methyl/N-ethyl adjacent to an activating group) is 1. The van der Waals surface area contributed by atoms with Crippen LogP contribution in [0.15, 0.2) is 36.4 Å². The molecule has 3 aromatic rings. The number of hydrogen-bond donors (Lipinski definition) is 0. The summed E-state index contributed by atoms with van der Waals surface area (Å²) < 4.78 is 21.7. The molecule has 2 unspecified atom stereocenters. The molecule has 2 atom stereocenters. The lowest BCUT2D eigenvalue weighted by Crippen LogP contribution is -2.34. The first kappa shape index (κ1) is 18.4. The highest BCUT2D eigenvalue weighted by Gasteiger charge is 2.40. The average Bonchev–Trinajstić information content (AvgIpc) is 3.11. The molecule has 0 spiro atoms. The zero-order valence-electron chi connectivity index (χ0n) is 17.5. The second-order valence-electron chi connectivity index (χ2n) is 8.53. The predicted octanol–water partition coefficient (Wildman–Crippen LogP) is 5.81. The molecule has 2 aliphatic heterocycles. The van der Waals surface area contributed by atoms with Gasteiger partial charge in [-0.25, -0.2) is 4.39 Å². The summed E-state index contributed by atoms with van der Waals surface area (Å²) in [6.07, 6.45) is 5.74. The van der Waals surface area contributed by atoms with E-state index in [1.807, 2.05) is 6.07 Å². The molecular weight excluding hydrogens is 363 g/mol. The van der Waals surface area contributed by atoms with Crippen LogP contribution in [0.5, 0.6) is 5.75 Å². The van der Waals surface area contributed by atoms with Gasteiger partial charge in [-0.05, 0) is 74.7 Å². The first-order valence-electron chi connectivity index (χ1n) is 10.4. The number of benzene rings is 2. The lowest BCUT2D eigenvalue weighted by Gasteiger charge is -2.32. The van der Waals surface area contributed by atoms with Crippen LogP contribution in [0.25, 0.3) is 22.7 Å². The number of fused-ring (bicyclic) bond motifs is 6. The Kier molecular flexibility index (Phi) is 4.28. The minimum Gasteiger partial charge on any atom is -0.494 e. The van der Waals surface area contributed by atoms with Gasteiger partial charge in [-0.2, -0.15) is 0 Å². The number of ether oxygens (including phenoxy) is 1. The number of methoxy groups -OCH3 is 1. The minimum atomic E-state index is -0.326. The van der Waals surface area contributed by atoms with Gasteiger partial charge < -0.3 is 9.30 Å². The number of aromatic nitrogens is 1. The van der Waals surface area contributed by atoms with Crippen molar-refractivity contribution in [1.82, 2.24) is 9.47 Å². The van der Waals surface area contributed by atoms with E-state index in [1.54, 1.807) is 12.1 Å². The largest absolute Gasteiger partial charge is 0.494 e. The van der Waals surface area contributed by atoms with Gasteiger partial charge in [-0.3, -0.25) is 4.90 Å². The SMILES string of the molecule is COc1ccc(/C(C)=C/n2c3c(c4cc(C)ccc42)C2CCC(C3)N2C)cc1F. The molecule has 29 heavy (non-hydrogen) atoms. The van der Waals surface area contributed by atoms with Gasteiger partial charge in [-0.15, -0.1) is 0 Å². The van der Waals surface area contributed by atoms with Gasteiger partial charge in [0.05, 0.1) is 12.6 Å². The van der Waals surface area contributed by atoms with Crippen molar-refractivity contribution in [2.24, 2.45) is 0 Å². The molecule has 3 nitrogen and oxygen atoms in total. The van der Waals surface area contributed by atoms with E-state index in [0.29, 0.717) is 12.1 Å². The first-order chi connectivity index (χ1) is 14.0. The molecule has 2 bridgehead atoms. The Labute approximate surface area is 171 Å². The minimum absolute atomic E-state index is 0.278. The van der Waals surface area contributed by atoms with Gasteiger partial charge in [-0.1, -0.05) is 17.7 Å². The molecule has 4 heteroatoms. The molecular formula is C25H27FN2O. The van der Waals surface area contributed by atoms with Crippen molar-refractivity contribution in [3.8, 4) is 5.75 Å². The summed E-state index contributed by atoms with van der Waals surface area (Å²) in [5.74, 6) is -0.0483. The third kappa shape index (κ3) is 2.81. The molecule has 0 saturated carbocycles. The van der Waals surface area contributed by atoms with Crippen molar-refractivity contribution in [2.45, 2.75) is 45.2 Å². The molecule has 1 aromatic heterocycles. The Morgan fingerprint density at radius 2 is 2.00 bits per heavy atom. The van der Waals surface area contributed by atoms with Gasteiger partial charge in [0.1, 0.15) is 0 Å². The van der Waals surface area contributed by atoms with E-state index < -0.39 is 0 Å². The third-order valence-electron chi connectivity index (χ3n) is 6.84. The van der Waals surface area contributed by atoms with Gasteiger partial charge in [0, 0.05) is 35.8 Å². The van der Waals surface area contributed by atoms with Crippen LogP contribution in [0.1, 0.15) is 48.2 Å². The molecule has 3 heterocycles. The zero-order chi connectivity index (χ0) is 20.3. The Morgan fingerprint density at radius 3 is 2.76 bits per heavy atom. The van der Waals surface area contributed by atoms with E-state index in [9.17, 15) is 4.39 Å². The Bertz CT molecular complexity index is 1140. The zero-order valence-corrected chi connectivity index (χ0v) is 17.5. The van der Waals surface area contributed by atoms with E-state index in [2.05, 4.69) is 54.8 Å². The monoisotopic (exact) mass is 390 g/mol. The highest BCUT2D eigenvalue weighted by atomic mass is 19.1. The number of nitrogens with zero attached hydrogens (tertiary/aromatic N) is 2. The number of hydrogen-bond acceptors (Lipinski definition) is 2. The summed E-state index contributed by atoms with van der Waals surface area (Å²) in [6.45, 7) is 4.21. The van der Waals surface area contributed by atoms with Gasteiger partial charge in [0.2, 0.25) is 0 Å². The summed E-state index contributed by atoms with van der Waals surface area (Å²) in [5, 5.41) is 1.36. The van der Waals surface area contributed by atoms with Crippen LogP contribution in [0, 0.1) is 12.7 Å². The van der Waals surface area contributed by atoms with Gasteiger partial charge in [0.25, 0.3) is 0 Å². The van der Waals surface area contributed by atoms with Crippen molar-refractivity contribution < 1.29 is 9.13 Å². The molecule has 0 radical (unpaired) electrons. The van der Waals surface area contributed by atoms with Crippen LogP contribution < -0.4 is 4.74 Å². The molecule has 2 aromatic carbocycles. The lowest BCUT2D eigenvalue weighted by atomic mass is 9.97. The summed E-state index contributed by atoms with van der Waals surface area (Å²) in [5.41, 5.74) is 7.36. The Hall–Kier alpha value is -2.59. The molecule has 1 saturated heterocycles. The van der Waals surface area contributed by atoms with Gasteiger partial charge >= 0.3 is 0 Å². The van der Waals surface area contributed by atoms with Crippen LogP contribution in [0.3, 0.4) is 0 Å². The van der Waals surface area contributed by atoms with Crippen LogP contribution >= 0.6 is 0 Å². The van der Waals surface area contributed by atoms with E-state index in [-0.39, 0.29) is 11.6 Å². The molecule has 0 amide bonds. The fraction of sp³-hybridized carbons (Fsp3) is 0.360. The fourth-order valence-electron chi connectivity index (χ4n) is 5.24. The molecule has 0 N–H and O–H groups in total. The second-order valence-corrected chi connectivity index (χ2v) is 8.53. The fourth-order valence-corrected chi connectivity index (χ4v) is 5.24. The van der Waals surface area contributed by atoms with E-state index in [1.165, 1.54) is 47.7 Å². The molecule has 1 fully saturated rings. The Balaban J connectivity index is 1.69. The van der Waals surface area contributed by atoms with E-state index in [0.717, 1.165) is 17.6 Å². The van der Waals surface area contributed by atoms with Gasteiger partial charge in [0.15, 0.2) is 11.6 Å². The maximum atomic E-state index is 14.2. The average molecular weight is 391 g/mol. The van der Waals surface area contributed by atoms with Crippen molar-refractivity contribution in [3.05, 3.63) is 64.6 Å². The quantitative estimate of drug-likeness (QED) is 0.562. The first-order valence-corrected chi connectivity index (χ1v) is 10.4. The molecule has 5 rings (SSSR count). The maximum absolute atomic E-state index is 14.2. The summed E-state index contributed by atoms with van der Waals surface area (Å²) in [4.78, 5) is 2.56. The Morgan fingerprint density at radius 1 is 1.17 bits per heavy atom. The smallest absolute Gasteiger partial charge is 0.165 e. The van der Waals surface area contributed by atoms with Crippen LogP contribution in [0.2, 0.25) is 0 Å². The standard InChI is InChI=1S/C25H27FN2O/c1-15-5-8-21-19(11-15)25-22-9-7-18(27(22)3)13-23(25)28(21)14-16(2)17-6-10-24(29-4)20(26)12-17/h5-6,8,10-12,14,18,22H,7,9,13H2,1-4H3/b16-14+. The number of rotatable bonds is 3.